The number of nitrogens with zero attached hydrogens (tertiary/aromatic N) is 3. The first-order valence-electron chi connectivity index (χ1n) is 11.0. The Morgan fingerprint density at radius 2 is 2.03 bits per heavy atom. The Morgan fingerprint density at radius 3 is 2.81 bits per heavy atom. The van der Waals surface area contributed by atoms with Gasteiger partial charge in [0.1, 0.15) is 5.82 Å². The quantitative estimate of drug-likeness (QED) is 0.433. The number of nitrogens with one attached hydrogen (secondary N) is 1. The number of carboxylic acid groups (broad SMARTS) is 1. The summed E-state index contributed by atoms with van der Waals surface area (Å²) in [6.07, 6.45) is 7.12. The molecule has 1 unspecified atom stereocenters. The Balaban J connectivity index is 1.34. The van der Waals surface area contributed by atoms with Crippen LogP contribution in [0, 0.1) is 0 Å². The lowest BCUT2D eigenvalue weighted by atomic mass is 9.92. The van der Waals surface area contributed by atoms with E-state index in [9.17, 15) is 9.90 Å². The average Bonchev–Trinajstić information content (AvgIpc) is 3.25. The third kappa shape index (κ3) is 5.88. The van der Waals surface area contributed by atoms with Crippen molar-refractivity contribution in [2.75, 3.05) is 18.1 Å². The fraction of sp³-hybridized carbons (Fsp3) is 0.417. The zero-order chi connectivity index (χ0) is 22.3. The van der Waals surface area contributed by atoms with Crippen LogP contribution in [0.4, 0.5) is 5.82 Å². The van der Waals surface area contributed by atoms with Crippen LogP contribution in [0.1, 0.15) is 53.7 Å². The Labute approximate surface area is 192 Å². The van der Waals surface area contributed by atoms with Crippen molar-refractivity contribution in [3.63, 3.8) is 0 Å². The molecule has 3 heterocycles. The van der Waals surface area contributed by atoms with E-state index in [1.54, 1.807) is 11.8 Å². The number of aliphatic carboxylic acids is 1. The van der Waals surface area contributed by atoms with Crippen molar-refractivity contribution in [2.45, 2.75) is 55.8 Å². The molecule has 7 nitrogen and oxygen atoms in total. The first-order chi connectivity index (χ1) is 15.6. The van der Waals surface area contributed by atoms with Crippen LogP contribution in [0.5, 0.6) is 0 Å². The Morgan fingerprint density at radius 1 is 1.19 bits per heavy atom. The van der Waals surface area contributed by atoms with Gasteiger partial charge in [0.25, 0.3) is 0 Å². The maximum Gasteiger partial charge on any atom is 0.303 e. The molecule has 0 radical (unpaired) electrons. The van der Waals surface area contributed by atoms with Gasteiger partial charge in [0, 0.05) is 35.9 Å². The summed E-state index contributed by atoms with van der Waals surface area (Å²) in [6, 6.07) is 12.3. The summed E-state index contributed by atoms with van der Waals surface area (Å²) in [5.74, 6) is 1.12. The summed E-state index contributed by atoms with van der Waals surface area (Å²) in [5.41, 5.74) is 3.33. The highest BCUT2D eigenvalue weighted by Gasteiger charge is 2.20. The number of pyridine rings is 1. The van der Waals surface area contributed by atoms with Crippen molar-refractivity contribution in [3.05, 3.63) is 64.9 Å². The number of hydrogen-bond acceptors (Lipinski definition) is 7. The van der Waals surface area contributed by atoms with Gasteiger partial charge in [0.05, 0.1) is 6.42 Å². The molecule has 168 valence electrons. The number of fused-ring (bicyclic) bond motifs is 1. The van der Waals surface area contributed by atoms with Gasteiger partial charge in [0.2, 0.25) is 5.89 Å². The average molecular weight is 453 g/mol. The minimum Gasteiger partial charge on any atom is -0.481 e. The Bertz CT molecular complexity index is 1050. The van der Waals surface area contributed by atoms with Gasteiger partial charge in [0.15, 0.2) is 5.82 Å². The fourth-order valence-electron chi connectivity index (χ4n) is 4.02. The van der Waals surface area contributed by atoms with E-state index in [1.807, 2.05) is 30.5 Å². The summed E-state index contributed by atoms with van der Waals surface area (Å²) >= 11 is 1.66. The summed E-state index contributed by atoms with van der Waals surface area (Å²) in [5, 5.41) is 16.8. The highest BCUT2D eigenvalue weighted by Crippen LogP contribution is 2.26. The summed E-state index contributed by atoms with van der Waals surface area (Å²) in [6.45, 7) is 0.986. The molecule has 1 atom stereocenters. The van der Waals surface area contributed by atoms with Crippen molar-refractivity contribution >= 4 is 23.5 Å². The van der Waals surface area contributed by atoms with E-state index in [0.29, 0.717) is 24.6 Å². The number of rotatable bonds is 10. The van der Waals surface area contributed by atoms with Crippen LogP contribution < -0.4 is 5.32 Å². The standard InChI is InChI=1S/C24H28N4O3S/c1-32-20-11-8-16(9-12-20)18(15-23(29)30)14-22-27-21(28-31-22)6-2-5-19-10-7-17-4-3-13-25-24(17)26-19/h7-12,18H,2-6,13-15H2,1H3,(H,25,26)(H,29,30). The second-order valence-corrected chi connectivity index (χ2v) is 8.95. The first kappa shape index (κ1) is 22.3. The molecule has 1 aliphatic rings. The number of carboxylic acids is 1. The van der Waals surface area contributed by atoms with Gasteiger partial charge in [-0.05, 0) is 61.3 Å². The lowest BCUT2D eigenvalue weighted by Gasteiger charge is -2.17. The monoisotopic (exact) mass is 452 g/mol. The van der Waals surface area contributed by atoms with Crippen molar-refractivity contribution in [3.8, 4) is 0 Å². The van der Waals surface area contributed by atoms with Crippen molar-refractivity contribution in [2.24, 2.45) is 0 Å². The zero-order valence-electron chi connectivity index (χ0n) is 18.2. The van der Waals surface area contributed by atoms with E-state index in [2.05, 4.69) is 27.6 Å². The van der Waals surface area contributed by atoms with Gasteiger partial charge >= 0.3 is 5.97 Å². The maximum absolute atomic E-state index is 11.4. The third-order valence-corrected chi connectivity index (χ3v) is 6.47. The van der Waals surface area contributed by atoms with E-state index in [4.69, 9.17) is 9.51 Å². The largest absolute Gasteiger partial charge is 0.481 e. The first-order valence-corrected chi connectivity index (χ1v) is 12.2. The molecule has 1 aliphatic heterocycles. The number of anilines is 1. The molecule has 4 rings (SSSR count). The van der Waals surface area contributed by atoms with Crippen LogP contribution >= 0.6 is 11.8 Å². The van der Waals surface area contributed by atoms with Gasteiger partial charge < -0.3 is 14.9 Å². The molecule has 2 N–H and O–H groups in total. The molecule has 32 heavy (non-hydrogen) atoms. The summed E-state index contributed by atoms with van der Waals surface area (Å²) in [7, 11) is 0. The molecule has 0 bridgehead atoms. The molecular formula is C24H28N4O3S. The molecule has 0 spiro atoms. The molecule has 0 saturated carbocycles. The van der Waals surface area contributed by atoms with E-state index in [1.165, 1.54) is 5.56 Å². The van der Waals surface area contributed by atoms with Gasteiger partial charge in [-0.1, -0.05) is 23.4 Å². The van der Waals surface area contributed by atoms with Gasteiger partial charge in [-0.25, -0.2) is 4.98 Å². The lowest BCUT2D eigenvalue weighted by molar-refractivity contribution is -0.137. The van der Waals surface area contributed by atoms with Crippen molar-refractivity contribution in [1.29, 1.82) is 0 Å². The van der Waals surface area contributed by atoms with Crippen molar-refractivity contribution in [1.82, 2.24) is 15.1 Å². The fourth-order valence-corrected chi connectivity index (χ4v) is 4.42. The second-order valence-electron chi connectivity index (χ2n) is 8.07. The predicted octanol–water partition coefficient (Wildman–Crippen LogP) is 4.52. The smallest absolute Gasteiger partial charge is 0.303 e. The molecule has 0 saturated heterocycles. The number of hydrogen-bond donors (Lipinski definition) is 2. The summed E-state index contributed by atoms with van der Waals surface area (Å²) < 4.78 is 5.44. The van der Waals surface area contributed by atoms with Crippen molar-refractivity contribution < 1.29 is 14.4 Å². The number of benzene rings is 1. The van der Waals surface area contributed by atoms with Gasteiger partial charge in [-0.3, -0.25) is 4.79 Å². The van der Waals surface area contributed by atoms with Crippen LogP contribution in [-0.2, 0) is 30.5 Å². The molecule has 0 fully saturated rings. The summed E-state index contributed by atoms with van der Waals surface area (Å²) in [4.78, 5) is 21.8. The van der Waals surface area contributed by atoms with Gasteiger partial charge in [-0.2, -0.15) is 4.98 Å². The maximum atomic E-state index is 11.4. The highest BCUT2D eigenvalue weighted by molar-refractivity contribution is 7.98. The molecular weight excluding hydrogens is 424 g/mol. The lowest BCUT2D eigenvalue weighted by Crippen LogP contribution is -2.14. The number of aromatic nitrogens is 3. The van der Waals surface area contributed by atoms with Crippen LogP contribution in [0.3, 0.4) is 0 Å². The molecule has 0 aliphatic carbocycles. The van der Waals surface area contributed by atoms with Crippen LogP contribution in [0.15, 0.2) is 45.8 Å². The van der Waals surface area contributed by atoms with E-state index in [-0.39, 0.29) is 12.3 Å². The molecule has 1 aromatic carbocycles. The molecule has 8 heteroatoms. The molecule has 2 aromatic heterocycles. The number of thioether (sulfide) groups is 1. The minimum atomic E-state index is -0.837. The normalized spacial score (nSPS) is 13.9. The second kappa shape index (κ2) is 10.6. The van der Waals surface area contributed by atoms with Crippen LogP contribution in [-0.4, -0.2) is 39.0 Å². The van der Waals surface area contributed by atoms with Crippen LogP contribution in [0.2, 0.25) is 0 Å². The third-order valence-electron chi connectivity index (χ3n) is 5.72. The van der Waals surface area contributed by atoms with E-state index >= 15 is 0 Å². The van der Waals surface area contributed by atoms with Gasteiger partial charge in [-0.15, -0.1) is 11.8 Å². The van der Waals surface area contributed by atoms with E-state index < -0.39 is 5.97 Å². The number of carbonyl (C=O) groups is 1. The molecule has 0 amide bonds. The SMILES string of the molecule is CSc1ccc(C(CC(=O)O)Cc2nc(CCCc3ccc4c(n3)NCCC4)no2)cc1. The Kier molecular flexibility index (Phi) is 7.42. The zero-order valence-corrected chi connectivity index (χ0v) is 19.0. The van der Waals surface area contributed by atoms with E-state index in [0.717, 1.165) is 54.2 Å². The van der Waals surface area contributed by atoms with Crippen LogP contribution in [0.25, 0.3) is 0 Å². The Hall–Kier alpha value is -2.87. The predicted molar refractivity (Wildman–Crippen MR) is 124 cm³/mol. The number of aryl methyl sites for hydroxylation is 3. The minimum absolute atomic E-state index is 0.0222. The topological polar surface area (TPSA) is 101 Å². The molecule has 3 aromatic rings. The highest BCUT2D eigenvalue weighted by atomic mass is 32.2.